The first-order chi connectivity index (χ1) is 14.4. The Hall–Kier alpha value is -1.90. The normalized spacial score (nSPS) is 18.3. The molecule has 1 aromatic heterocycles. The maximum atomic E-state index is 13.4. The molecular weight excluding hydrogens is 436 g/mol. The van der Waals surface area contributed by atoms with Crippen LogP contribution < -0.4 is 5.32 Å². The van der Waals surface area contributed by atoms with E-state index in [1.165, 1.54) is 11.3 Å². The number of carbonyl (C=O) groups excluding carboxylic acids is 2. The van der Waals surface area contributed by atoms with Gasteiger partial charge in [-0.3, -0.25) is 9.69 Å². The number of ether oxygens (including phenoxy) is 1. The number of rotatable bonds is 7. The number of hydrogen-bond acceptors (Lipinski definition) is 6. The molecule has 2 heterocycles. The SMILES string of the molecule is CC(C)[C@H]1CSC(=S)N1C(=O)[C@H](C)[C@@H](NC(=O)OCc1ccccc1)c1cccs1. The minimum atomic E-state index is -0.546. The zero-order chi connectivity index (χ0) is 21.7. The summed E-state index contributed by atoms with van der Waals surface area (Å²) < 4.78 is 6.01. The summed E-state index contributed by atoms with van der Waals surface area (Å²) in [5, 5.41) is 4.84. The molecule has 8 heteroatoms. The fraction of sp³-hybridized carbons (Fsp3) is 0.409. The van der Waals surface area contributed by atoms with E-state index in [1.54, 1.807) is 16.7 Å². The molecule has 5 nitrogen and oxygen atoms in total. The highest BCUT2D eigenvalue weighted by molar-refractivity contribution is 8.23. The van der Waals surface area contributed by atoms with E-state index in [2.05, 4.69) is 19.2 Å². The van der Waals surface area contributed by atoms with E-state index in [9.17, 15) is 9.59 Å². The van der Waals surface area contributed by atoms with Crippen molar-refractivity contribution in [3.63, 3.8) is 0 Å². The van der Waals surface area contributed by atoms with Crippen LogP contribution in [0.15, 0.2) is 47.8 Å². The average molecular weight is 463 g/mol. The lowest BCUT2D eigenvalue weighted by Gasteiger charge is -2.32. The number of thiophene rings is 1. The minimum absolute atomic E-state index is 0.0644. The second kappa shape index (κ2) is 10.4. The molecule has 0 spiro atoms. The van der Waals surface area contributed by atoms with E-state index >= 15 is 0 Å². The van der Waals surface area contributed by atoms with Gasteiger partial charge in [-0.05, 0) is 22.9 Å². The van der Waals surface area contributed by atoms with Gasteiger partial charge < -0.3 is 10.1 Å². The van der Waals surface area contributed by atoms with Gasteiger partial charge in [0.25, 0.3) is 0 Å². The van der Waals surface area contributed by atoms with Crippen LogP contribution in [0, 0.1) is 11.8 Å². The van der Waals surface area contributed by atoms with E-state index in [4.69, 9.17) is 17.0 Å². The van der Waals surface area contributed by atoms with Gasteiger partial charge in [-0.2, -0.15) is 0 Å². The first-order valence-corrected chi connectivity index (χ1v) is 12.2. The second-order valence-corrected chi connectivity index (χ2v) is 10.2. The topological polar surface area (TPSA) is 58.6 Å². The van der Waals surface area contributed by atoms with Gasteiger partial charge in [0.2, 0.25) is 5.91 Å². The van der Waals surface area contributed by atoms with Crippen molar-refractivity contribution in [2.45, 2.75) is 39.5 Å². The van der Waals surface area contributed by atoms with Gasteiger partial charge in [-0.25, -0.2) is 4.79 Å². The number of thioether (sulfide) groups is 1. The number of nitrogens with zero attached hydrogens (tertiary/aromatic N) is 1. The molecule has 1 aliphatic rings. The number of benzene rings is 1. The summed E-state index contributed by atoms with van der Waals surface area (Å²) in [6.45, 7) is 6.21. The van der Waals surface area contributed by atoms with E-state index in [0.29, 0.717) is 10.2 Å². The van der Waals surface area contributed by atoms with Crippen molar-refractivity contribution in [3.05, 3.63) is 58.3 Å². The molecule has 1 aliphatic heterocycles. The number of alkyl carbamates (subject to hydrolysis) is 1. The van der Waals surface area contributed by atoms with Crippen molar-refractivity contribution < 1.29 is 14.3 Å². The molecule has 3 rings (SSSR count). The highest BCUT2D eigenvalue weighted by Gasteiger charge is 2.40. The van der Waals surface area contributed by atoms with Gasteiger partial charge in [-0.1, -0.05) is 81.1 Å². The Bertz CT molecular complexity index is 871. The molecule has 0 aliphatic carbocycles. The zero-order valence-electron chi connectivity index (χ0n) is 17.2. The molecule has 160 valence electrons. The molecular formula is C22H26N2O3S3. The average Bonchev–Trinajstić information content (AvgIpc) is 3.40. The maximum Gasteiger partial charge on any atom is 0.408 e. The predicted octanol–water partition coefficient (Wildman–Crippen LogP) is 5.24. The van der Waals surface area contributed by atoms with Crippen LogP contribution in [0.4, 0.5) is 4.79 Å². The van der Waals surface area contributed by atoms with E-state index in [0.717, 1.165) is 16.2 Å². The summed E-state index contributed by atoms with van der Waals surface area (Å²) in [5.74, 6) is 0.569. The lowest BCUT2D eigenvalue weighted by Crippen LogP contribution is -2.47. The molecule has 1 fully saturated rings. The van der Waals surface area contributed by atoms with Crippen molar-refractivity contribution in [3.8, 4) is 0 Å². The Morgan fingerprint density at radius 3 is 2.57 bits per heavy atom. The summed E-state index contributed by atoms with van der Waals surface area (Å²) in [4.78, 5) is 28.6. The summed E-state index contributed by atoms with van der Waals surface area (Å²) in [6, 6.07) is 12.9. The van der Waals surface area contributed by atoms with E-state index in [1.807, 2.05) is 54.8 Å². The van der Waals surface area contributed by atoms with Gasteiger partial charge in [0.15, 0.2) is 0 Å². The highest BCUT2D eigenvalue weighted by atomic mass is 32.2. The summed E-state index contributed by atoms with van der Waals surface area (Å²) in [6.07, 6.45) is -0.546. The monoisotopic (exact) mass is 462 g/mol. The van der Waals surface area contributed by atoms with Crippen LogP contribution in [0.25, 0.3) is 0 Å². The molecule has 0 bridgehead atoms. The molecule has 2 amide bonds. The predicted molar refractivity (Wildman–Crippen MR) is 127 cm³/mol. The van der Waals surface area contributed by atoms with Crippen molar-refractivity contribution in [2.24, 2.45) is 11.8 Å². The van der Waals surface area contributed by atoms with Gasteiger partial charge >= 0.3 is 6.09 Å². The van der Waals surface area contributed by atoms with Crippen LogP contribution in [0.3, 0.4) is 0 Å². The Morgan fingerprint density at radius 2 is 1.93 bits per heavy atom. The largest absolute Gasteiger partial charge is 0.445 e. The number of amides is 2. The van der Waals surface area contributed by atoms with Crippen LogP contribution >= 0.6 is 35.3 Å². The lowest BCUT2D eigenvalue weighted by molar-refractivity contribution is -0.133. The van der Waals surface area contributed by atoms with Crippen LogP contribution in [-0.2, 0) is 16.1 Å². The number of hydrogen-bond donors (Lipinski definition) is 1. The van der Waals surface area contributed by atoms with Gasteiger partial charge in [0, 0.05) is 16.7 Å². The number of carbonyl (C=O) groups is 2. The lowest BCUT2D eigenvalue weighted by atomic mass is 9.96. The Morgan fingerprint density at radius 1 is 1.20 bits per heavy atom. The van der Waals surface area contributed by atoms with Crippen LogP contribution in [0.5, 0.6) is 0 Å². The Labute approximate surface area is 191 Å². The van der Waals surface area contributed by atoms with Gasteiger partial charge in [-0.15, -0.1) is 11.3 Å². The number of thiocarbonyl (C=S) groups is 1. The van der Waals surface area contributed by atoms with Gasteiger partial charge in [0.1, 0.15) is 10.9 Å². The van der Waals surface area contributed by atoms with Crippen molar-refractivity contribution >= 4 is 51.6 Å². The highest BCUT2D eigenvalue weighted by Crippen LogP contribution is 2.34. The molecule has 1 N–H and O–H groups in total. The third-order valence-electron chi connectivity index (χ3n) is 5.14. The third-order valence-corrected chi connectivity index (χ3v) is 7.60. The summed E-state index contributed by atoms with van der Waals surface area (Å²) in [7, 11) is 0. The zero-order valence-corrected chi connectivity index (χ0v) is 19.7. The standard InChI is InChI=1S/C22H26N2O3S3/c1-14(2)17-13-30-22(28)24(17)20(25)15(3)19(18-10-7-11-29-18)23-21(26)27-12-16-8-5-4-6-9-16/h4-11,14-15,17,19H,12-13H2,1-3H3,(H,23,26)/t15-,17-,19-/m1/s1. The van der Waals surface area contributed by atoms with Crippen LogP contribution in [0.1, 0.15) is 37.3 Å². The Balaban J connectivity index is 1.72. The Kier molecular flexibility index (Phi) is 7.91. The third kappa shape index (κ3) is 5.42. The minimum Gasteiger partial charge on any atom is -0.445 e. The van der Waals surface area contributed by atoms with Crippen LogP contribution in [-0.4, -0.2) is 33.0 Å². The molecule has 0 saturated carbocycles. The first-order valence-electron chi connectivity index (χ1n) is 9.89. The van der Waals surface area contributed by atoms with E-state index < -0.39 is 18.1 Å². The van der Waals surface area contributed by atoms with E-state index in [-0.39, 0.29) is 18.6 Å². The molecule has 1 aromatic carbocycles. The van der Waals surface area contributed by atoms with Crippen LogP contribution in [0.2, 0.25) is 0 Å². The molecule has 0 radical (unpaired) electrons. The number of nitrogens with one attached hydrogen (secondary N) is 1. The molecule has 30 heavy (non-hydrogen) atoms. The van der Waals surface area contributed by atoms with Crippen molar-refractivity contribution in [1.29, 1.82) is 0 Å². The molecule has 0 unspecified atom stereocenters. The first kappa shape index (κ1) is 22.8. The molecule has 3 atom stereocenters. The quantitative estimate of drug-likeness (QED) is 0.571. The summed E-state index contributed by atoms with van der Waals surface area (Å²) in [5.41, 5.74) is 0.906. The second-order valence-electron chi connectivity index (χ2n) is 7.58. The maximum absolute atomic E-state index is 13.4. The summed E-state index contributed by atoms with van der Waals surface area (Å²) >= 11 is 8.51. The fourth-order valence-electron chi connectivity index (χ4n) is 3.34. The smallest absolute Gasteiger partial charge is 0.408 e. The molecule has 1 saturated heterocycles. The van der Waals surface area contributed by atoms with Crippen molar-refractivity contribution in [2.75, 3.05) is 5.75 Å². The van der Waals surface area contributed by atoms with Crippen molar-refractivity contribution in [1.82, 2.24) is 10.2 Å². The molecule has 2 aromatic rings. The fourth-order valence-corrected chi connectivity index (χ4v) is 5.87. The van der Waals surface area contributed by atoms with Gasteiger partial charge in [0.05, 0.1) is 12.0 Å².